The van der Waals surface area contributed by atoms with E-state index in [-0.39, 0.29) is 18.2 Å². The van der Waals surface area contributed by atoms with Gasteiger partial charge in [0.2, 0.25) is 0 Å². The van der Waals surface area contributed by atoms with Gasteiger partial charge in [0.25, 0.3) is 0 Å². The van der Waals surface area contributed by atoms with Gasteiger partial charge in [0.1, 0.15) is 24.1 Å². The summed E-state index contributed by atoms with van der Waals surface area (Å²) in [5.74, 6) is 2.46. The molecule has 3 N–H and O–H groups in total. The van der Waals surface area contributed by atoms with Crippen LogP contribution < -0.4 is 15.5 Å². The van der Waals surface area contributed by atoms with Gasteiger partial charge in [-0.3, -0.25) is 4.90 Å². The van der Waals surface area contributed by atoms with Crippen molar-refractivity contribution in [3.63, 3.8) is 0 Å². The van der Waals surface area contributed by atoms with Crippen molar-refractivity contribution in [1.82, 2.24) is 19.5 Å². The molecule has 1 aromatic carbocycles. The van der Waals surface area contributed by atoms with E-state index in [1.165, 1.54) is 11.3 Å². The summed E-state index contributed by atoms with van der Waals surface area (Å²) in [5.41, 5.74) is 2.76. The van der Waals surface area contributed by atoms with Crippen LogP contribution in [0.4, 0.5) is 27.2 Å². The molecule has 37 heavy (non-hydrogen) atoms. The molecule has 0 atom stereocenters. The topological polar surface area (TPSA) is 117 Å². The second-order valence-corrected chi connectivity index (χ2v) is 10.6. The molecule has 2 fully saturated rings. The minimum Gasteiger partial charge on any atom is -0.447 e. The Morgan fingerprint density at radius 3 is 2.73 bits per heavy atom. The maximum atomic E-state index is 12.0. The van der Waals surface area contributed by atoms with E-state index in [4.69, 9.17) is 14.7 Å². The van der Waals surface area contributed by atoms with Gasteiger partial charge in [-0.25, -0.2) is 19.7 Å². The van der Waals surface area contributed by atoms with Crippen LogP contribution in [0.1, 0.15) is 37.1 Å². The smallest absolute Gasteiger partial charge is 0.414 e. The largest absolute Gasteiger partial charge is 0.447 e. The summed E-state index contributed by atoms with van der Waals surface area (Å²) in [6.45, 7) is 3.63. The molecule has 0 spiro atoms. The van der Waals surface area contributed by atoms with Crippen molar-refractivity contribution in [3.8, 4) is 0 Å². The Hall–Kier alpha value is -3.70. The Bertz CT molecular complexity index is 1430. The molecule has 3 aromatic heterocycles. The van der Waals surface area contributed by atoms with E-state index >= 15 is 0 Å². The molecule has 192 valence electrons. The number of nitrogens with zero attached hydrogens (tertiary/aromatic N) is 5. The van der Waals surface area contributed by atoms with Crippen molar-refractivity contribution in [1.29, 1.82) is 0 Å². The van der Waals surface area contributed by atoms with Crippen LogP contribution in [-0.2, 0) is 11.3 Å². The maximum absolute atomic E-state index is 12.0. The number of hydrogen-bond donors (Lipinski definition) is 3. The molecule has 1 aliphatic heterocycles. The Labute approximate surface area is 218 Å². The lowest BCUT2D eigenvalue weighted by Crippen LogP contribution is -2.28. The highest BCUT2D eigenvalue weighted by atomic mass is 32.1. The summed E-state index contributed by atoms with van der Waals surface area (Å²) in [4.78, 5) is 27.5. The number of rotatable bonds is 7. The van der Waals surface area contributed by atoms with Gasteiger partial charge in [-0.15, -0.1) is 0 Å². The quantitative estimate of drug-likeness (QED) is 0.323. The van der Waals surface area contributed by atoms with Gasteiger partial charge in [0.05, 0.1) is 22.9 Å². The number of aliphatic hydroxyl groups is 1. The first-order valence-electron chi connectivity index (χ1n) is 12.6. The van der Waals surface area contributed by atoms with Gasteiger partial charge < -0.3 is 25.0 Å². The SMILES string of the molecule is Cc1nccn1Cc1cc(Nc2nc3ccc(N4CCOC4=O)cc3s2)nc(N[C@H]2CC[C@H](O)CC2)c1. The molecule has 1 aliphatic carbocycles. The summed E-state index contributed by atoms with van der Waals surface area (Å²) >= 11 is 1.52. The fourth-order valence-corrected chi connectivity index (χ4v) is 5.79. The number of carbonyl (C=O) groups is 1. The molecule has 6 rings (SSSR count). The fraction of sp³-hybridized carbons (Fsp3) is 0.385. The van der Waals surface area contributed by atoms with E-state index in [2.05, 4.69) is 26.3 Å². The van der Waals surface area contributed by atoms with E-state index in [1.54, 1.807) is 11.1 Å². The lowest BCUT2D eigenvalue weighted by atomic mass is 9.93. The maximum Gasteiger partial charge on any atom is 0.414 e. The monoisotopic (exact) mass is 519 g/mol. The van der Waals surface area contributed by atoms with Gasteiger partial charge in [0.15, 0.2) is 5.13 Å². The molecule has 2 aliphatic rings. The number of ether oxygens (including phenoxy) is 1. The van der Waals surface area contributed by atoms with Crippen molar-refractivity contribution in [2.45, 2.75) is 51.3 Å². The minimum atomic E-state index is -0.316. The molecule has 4 heterocycles. The van der Waals surface area contributed by atoms with E-state index in [9.17, 15) is 9.90 Å². The molecular weight excluding hydrogens is 490 g/mol. The number of aliphatic hydroxyl groups excluding tert-OH is 1. The summed E-state index contributed by atoms with van der Waals surface area (Å²) in [6, 6.07) is 10.2. The number of hydrogen-bond acceptors (Lipinski definition) is 9. The third-order valence-corrected chi connectivity index (χ3v) is 7.82. The van der Waals surface area contributed by atoms with Crippen LogP contribution in [-0.4, -0.2) is 56.0 Å². The summed E-state index contributed by atoms with van der Waals surface area (Å²) < 4.78 is 8.15. The fourth-order valence-electron chi connectivity index (χ4n) is 4.89. The molecule has 1 saturated carbocycles. The number of cyclic esters (lactones) is 1. The predicted molar refractivity (Wildman–Crippen MR) is 144 cm³/mol. The second kappa shape index (κ2) is 9.98. The average molecular weight is 520 g/mol. The lowest BCUT2D eigenvalue weighted by molar-refractivity contribution is 0.126. The third-order valence-electron chi connectivity index (χ3n) is 6.89. The van der Waals surface area contributed by atoms with Crippen molar-refractivity contribution in [2.24, 2.45) is 0 Å². The highest BCUT2D eigenvalue weighted by Crippen LogP contribution is 2.32. The number of fused-ring (bicyclic) bond motifs is 1. The molecule has 0 unspecified atom stereocenters. The van der Waals surface area contributed by atoms with Crippen LogP contribution in [0.2, 0.25) is 0 Å². The van der Waals surface area contributed by atoms with Crippen molar-refractivity contribution < 1.29 is 14.6 Å². The Kier molecular flexibility index (Phi) is 6.39. The molecule has 10 nitrogen and oxygen atoms in total. The van der Waals surface area contributed by atoms with Crippen LogP contribution in [0.25, 0.3) is 10.2 Å². The number of benzene rings is 1. The number of carbonyl (C=O) groups excluding carboxylic acids is 1. The lowest BCUT2D eigenvalue weighted by Gasteiger charge is -2.27. The first-order valence-corrected chi connectivity index (χ1v) is 13.4. The van der Waals surface area contributed by atoms with Gasteiger partial charge >= 0.3 is 6.09 Å². The van der Waals surface area contributed by atoms with Crippen LogP contribution in [0.3, 0.4) is 0 Å². The number of amides is 1. The molecule has 1 amide bonds. The third kappa shape index (κ3) is 5.23. The van der Waals surface area contributed by atoms with E-state index < -0.39 is 0 Å². The second-order valence-electron chi connectivity index (χ2n) is 9.56. The summed E-state index contributed by atoms with van der Waals surface area (Å²) in [5, 5.41) is 17.6. The highest BCUT2D eigenvalue weighted by molar-refractivity contribution is 7.22. The summed E-state index contributed by atoms with van der Waals surface area (Å²) in [7, 11) is 0. The average Bonchev–Trinajstić information content (AvgIpc) is 3.60. The minimum absolute atomic E-state index is 0.200. The zero-order valence-electron chi connectivity index (χ0n) is 20.6. The van der Waals surface area contributed by atoms with Crippen molar-refractivity contribution in [2.75, 3.05) is 28.7 Å². The van der Waals surface area contributed by atoms with Gasteiger partial charge in [-0.2, -0.15) is 0 Å². The van der Waals surface area contributed by atoms with Crippen LogP contribution >= 0.6 is 11.3 Å². The highest BCUT2D eigenvalue weighted by Gasteiger charge is 2.24. The Balaban J connectivity index is 1.26. The molecule has 0 radical (unpaired) electrons. The molecule has 4 aromatic rings. The number of aromatic nitrogens is 4. The van der Waals surface area contributed by atoms with Crippen LogP contribution in [0.15, 0.2) is 42.7 Å². The van der Waals surface area contributed by atoms with E-state index in [0.717, 1.165) is 63.9 Å². The Morgan fingerprint density at radius 1 is 1.14 bits per heavy atom. The predicted octanol–water partition coefficient (Wildman–Crippen LogP) is 4.66. The number of nitrogens with one attached hydrogen (secondary N) is 2. The van der Waals surface area contributed by atoms with Gasteiger partial charge in [0, 0.05) is 30.7 Å². The van der Waals surface area contributed by atoms with Crippen LogP contribution in [0, 0.1) is 6.92 Å². The zero-order valence-corrected chi connectivity index (χ0v) is 21.4. The molecular formula is C26H29N7O3S. The first-order chi connectivity index (χ1) is 18.0. The van der Waals surface area contributed by atoms with E-state index in [1.807, 2.05) is 37.4 Å². The van der Waals surface area contributed by atoms with Gasteiger partial charge in [-0.05, 0) is 68.5 Å². The molecule has 1 saturated heterocycles. The number of anilines is 4. The first kappa shape index (κ1) is 23.7. The number of aryl methyl sites for hydroxylation is 1. The van der Waals surface area contributed by atoms with Crippen molar-refractivity contribution in [3.05, 3.63) is 54.1 Å². The normalized spacial score (nSPS) is 19.8. The number of pyridine rings is 1. The Morgan fingerprint density at radius 2 is 1.97 bits per heavy atom. The zero-order chi connectivity index (χ0) is 25.4. The van der Waals surface area contributed by atoms with Crippen molar-refractivity contribution >= 4 is 50.1 Å². The number of imidazole rings is 1. The summed E-state index contributed by atoms with van der Waals surface area (Å²) in [6.07, 6.45) is 6.71. The molecule has 0 bridgehead atoms. The number of thiazole rings is 1. The van der Waals surface area contributed by atoms with Crippen LogP contribution in [0.5, 0.6) is 0 Å². The molecule has 11 heteroatoms. The van der Waals surface area contributed by atoms with Gasteiger partial charge in [-0.1, -0.05) is 11.3 Å². The standard InChI is InChI=1S/C26H29N7O3S/c1-16-27-8-9-32(16)15-17-12-23(28-18-2-5-20(34)6-3-18)30-24(13-17)31-25-29-21-7-4-19(14-22(21)37-25)33-10-11-36-26(33)35/h4,7-9,12-14,18,20,34H,2-3,5-6,10-11,15H2,1H3,(H2,28,29,30,31)/t18-,20-. The van der Waals surface area contributed by atoms with E-state index in [0.29, 0.717) is 25.5 Å².